The maximum absolute atomic E-state index is 12.7. The molecule has 0 unspecified atom stereocenters. The molecular weight excluding hydrogens is 836 g/mol. The number of methoxy groups -OCH3 is 3. The largest absolute Gasteiger partial charge is 0.508 e. The average Bonchev–Trinajstić information content (AvgIpc) is 3.97. The summed E-state index contributed by atoms with van der Waals surface area (Å²) in [5, 5.41) is 69.7. The summed E-state index contributed by atoms with van der Waals surface area (Å²) in [6, 6.07) is 14.0. The summed E-state index contributed by atoms with van der Waals surface area (Å²) in [4.78, 5) is 36.7. The molecule has 7 N–H and O–H groups in total. The van der Waals surface area contributed by atoms with Gasteiger partial charge in [0.2, 0.25) is 30.9 Å². The number of hydrogen-bond acceptors (Lipinski definition) is 18. The van der Waals surface area contributed by atoms with E-state index in [-0.39, 0.29) is 111 Å². The van der Waals surface area contributed by atoms with Crippen LogP contribution in [0.15, 0.2) is 60.7 Å². The van der Waals surface area contributed by atoms with Crippen molar-refractivity contribution in [1.29, 1.82) is 0 Å². The topological polar surface area (TPSA) is 285 Å². The minimum atomic E-state index is -1.62. The van der Waals surface area contributed by atoms with Crippen molar-refractivity contribution >= 4 is 17.7 Å². The summed E-state index contributed by atoms with van der Waals surface area (Å²) < 4.78 is 55.1. The first kappa shape index (κ1) is 41.8. The second kappa shape index (κ2) is 16.5. The quantitative estimate of drug-likeness (QED) is 0.107. The van der Waals surface area contributed by atoms with E-state index in [0.717, 1.165) is 6.07 Å². The number of aromatic carboxylic acids is 2. The second-order valence-corrected chi connectivity index (χ2v) is 13.9. The van der Waals surface area contributed by atoms with Crippen molar-refractivity contribution in [3.05, 3.63) is 88.5 Å². The smallest absolute Gasteiger partial charge is 0.336 e. The number of phenols is 3. The fraction of sp³-hybridized carbons (Fsp3) is 0.233. The van der Waals surface area contributed by atoms with E-state index in [9.17, 15) is 50.1 Å². The van der Waals surface area contributed by atoms with Crippen LogP contribution in [0.2, 0.25) is 0 Å². The summed E-state index contributed by atoms with van der Waals surface area (Å²) in [6.07, 6.45) is -4.28. The first-order valence-electron chi connectivity index (χ1n) is 18.7. The van der Waals surface area contributed by atoms with Gasteiger partial charge in [-0.1, -0.05) is 12.1 Å². The van der Waals surface area contributed by atoms with Gasteiger partial charge in [0.15, 0.2) is 70.4 Å². The highest BCUT2D eigenvalue weighted by molar-refractivity contribution is 6.08. The van der Waals surface area contributed by atoms with Crippen molar-refractivity contribution in [2.24, 2.45) is 0 Å². The standard InChI is InChI=1S/C25H22O10.C18H14O10/c1-32-17-6-11(2-4-14(17)28)24-20(10-26)33-16-5-3-12(7-18(16)34-24)25-23(31)22(30)21-15(29)8-13(27)9-19(21)35-25;1-23-9-3-7(17(19)20)11(15-13(9)25-5-27-15)12-8(18(21)22)4-10(24-2)14-16(12)28-6-26-14/h2-9,20,23-29,31H,10H2,1H3;3-4H,5-6H2,1-2H3,(H,19,20)(H,21,22)/t20-,23+,24-,25-;/m1./s1. The number of carboxylic acids is 2. The molecule has 4 heterocycles. The molecule has 328 valence electrons. The van der Waals surface area contributed by atoms with Crippen LogP contribution in [0.4, 0.5) is 0 Å². The minimum Gasteiger partial charge on any atom is -0.508 e. The zero-order chi connectivity index (χ0) is 44.9. The lowest BCUT2D eigenvalue weighted by molar-refractivity contribution is -0.0130. The van der Waals surface area contributed by atoms with E-state index in [0.29, 0.717) is 16.9 Å². The van der Waals surface area contributed by atoms with Gasteiger partial charge in [0.05, 0.1) is 39.1 Å². The molecule has 0 saturated heterocycles. The third-order valence-electron chi connectivity index (χ3n) is 10.4. The van der Waals surface area contributed by atoms with Crippen LogP contribution in [-0.4, -0.2) is 107 Å². The van der Waals surface area contributed by atoms with Crippen molar-refractivity contribution in [2.75, 3.05) is 41.5 Å². The Morgan fingerprint density at radius 2 is 1.14 bits per heavy atom. The van der Waals surface area contributed by atoms with Crippen molar-refractivity contribution in [2.45, 2.75) is 24.4 Å². The summed E-state index contributed by atoms with van der Waals surface area (Å²) in [6.45, 7) is -0.711. The van der Waals surface area contributed by atoms with Crippen LogP contribution in [0.25, 0.3) is 11.1 Å². The third-order valence-corrected chi connectivity index (χ3v) is 10.4. The van der Waals surface area contributed by atoms with Gasteiger partial charge in [-0.15, -0.1) is 0 Å². The number of carbonyl (C=O) groups excluding carboxylic acids is 1. The Labute approximate surface area is 355 Å². The molecule has 0 saturated carbocycles. The Morgan fingerprint density at radius 3 is 1.70 bits per heavy atom. The van der Waals surface area contributed by atoms with Gasteiger partial charge in [0.1, 0.15) is 22.8 Å². The number of Topliss-reactive ketones (excluding diaryl/α,β-unsaturated/α-hetero) is 1. The van der Waals surface area contributed by atoms with Gasteiger partial charge in [0.25, 0.3) is 0 Å². The van der Waals surface area contributed by atoms with Crippen LogP contribution >= 0.6 is 0 Å². The van der Waals surface area contributed by atoms with E-state index in [2.05, 4.69) is 0 Å². The number of rotatable bonds is 9. The number of phenolic OH excluding ortho intramolecular Hbond substituents is 3. The van der Waals surface area contributed by atoms with E-state index >= 15 is 0 Å². The molecule has 4 atom stereocenters. The van der Waals surface area contributed by atoms with Crippen LogP contribution in [0.1, 0.15) is 54.4 Å². The number of hydrogen-bond donors (Lipinski definition) is 7. The number of fused-ring (bicyclic) bond motifs is 4. The van der Waals surface area contributed by atoms with Gasteiger partial charge < -0.3 is 83.1 Å². The summed E-state index contributed by atoms with van der Waals surface area (Å²) >= 11 is 0. The molecule has 4 aliphatic rings. The molecule has 0 fully saturated rings. The zero-order valence-corrected chi connectivity index (χ0v) is 33.1. The van der Waals surface area contributed by atoms with Gasteiger partial charge in [-0.3, -0.25) is 4.79 Å². The predicted molar refractivity (Wildman–Crippen MR) is 211 cm³/mol. The van der Waals surface area contributed by atoms with Gasteiger partial charge in [-0.05, 0) is 42.0 Å². The molecule has 63 heavy (non-hydrogen) atoms. The van der Waals surface area contributed by atoms with Crippen LogP contribution in [0.5, 0.6) is 74.7 Å². The number of carbonyl (C=O) groups is 3. The van der Waals surface area contributed by atoms with Crippen molar-refractivity contribution < 1.29 is 97.5 Å². The SMILES string of the molecule is COc1cc(C(=O)O)c(-c2c(C(=O)O)cc(OC)c3c2OCO3)c2c1OCO2.COc1cc([C@H]2Oc3cc([C@H]4Oc5cc(O)cc(O)c5C(=O)[C@@H]4O)ccc3O[C@@H]2CO)ccc1O. The number of aliphatic hydroxyl groups excluding tert-OH is 2. The van der Waals surface area contributed by atoms with Crippen LogP contribution in [-0.2, 0) is 0 Å². The fourth-order valence-corrected chi connectivity index (χ4v) is 7.49. The number of ketones is 1. The number of aromatic hydroxyl groups is 3. The van der Waals surface area contributed by atoms with E-state index in [1.807, 2.05) is 0 Å². The Hall–Kier alpha value is -7.97. The minimum absolute atomic E-state index is 0.0115. The van der Waals surface area contributed by atoms with E-state index in [4.69, 9.17) is 47.4 Å². The van der Waals surface area contributed by atoms with E-state index in [1.165, 1.54) is 45.6 Å². The summed E-state index contributed by atoms with van der Waals surface area (Å²) in [5.41, 5.74) is 0.240. The average molecular weight is 873 g/mol. The summed E-state index contributed by atoms with van der Waals surface area (Å²) in [7, 11) is 4.12. The molecule has 9 rings (SSSR count). The fourth-order valence-electron chi connectivity index (χ4n) is 7.49. The molecule has 20 heteroatoms. The molecule has 20 nitrogen and oxygen atoms in total. The molecule has 0 bridgehead atoms. The van der Waals surface area contributed by atoms with Crippen molar-refractivity contribution in [3.63, 3.8) is 0 Å². The first-order chi connectivity index (χ1) is 30.3. The second-order valence-electron chi connectivity index (χ2n) is 13.9. The molecule has 0 aromatic heterocycles. The van der Waals surface area contributed by atoms with Gasteiger partial charge in [-0.2, -0.15) is 0 Å². The zero-order valence-electron chi connectivity index (χ0n) is 33.1. The van der Waals surface area contributed by atoms with Gasteiger partial charge >= 0.3 is 11.9 Å². The normalized spacial score (nSPS) is 18.6. The number of benzene rings is 5. The van der Waals surface area contributed by atoms with Gasteiger partial charge in [0, 0.05) is 28.8 Å². The number of aliphatic hydroxyl groups is 2. The Bertz CT molecular complexity index is 2590. The maximum Gasteiger partial charge on any atom is 0.336 e. The predicted octanol–water partition coefficient (Wildman–Crippen LogP) is 4.59. The molecule has 0 amide bonds. The highest BCUT2D eigenvalue weighted by atomic mass is 16.7. The lowest BCUT2D eigenvalue weighted by Gasteiger charge is -2.35. The van der Waals surface area contributed by atoms with Crippen LogP contribution < -0.4 is 47.4 Å². The van der Waals surface area contributed by atoms with E-state index in [1.54, 1.807) is 30.3 Å². The van der Waals surface area contributed by atoms with Gasteiger partial charge in [-0.25, -0.2) is 9.59 Å². The Morgan fingerprint density at radius 1 is 0.603 bits per heavy atom. The summed E-state index contributed by atoms with van der Waals surface area (Å²) in [5.74, 6) is -2.73. The molecule has 0 radical (unpaired) electrons. The van der Waals surface area contributed by atoms with Crippen LogP contribution in [0, 0.1) is 0 Å². The lowest BCUT2D eigenvalue weighted by Crippen LogP contribution is -2.37. The van der Waals surface area contributed by atoms with Crippen LogP contribution in [0.3, 0.4) is 0 Å². The first-order valence-corrected chi connectivity index (χ1v) is 18.7. The highest BCUT2D eigenvalue weighted by Gasteiger charge is 2.41. The van der Waals surface area contributed by atoms with Crippen molar-refractivity contribution in [3.8, 4) is 85.9 Å². The maximum atomic E-state index is 12.7. The molecular formula is C43H36O20. The third kappa shape index (κ3) is 7.25. The molecule has 0 aliphatic carbocycles. The lowest BCUT2D eigenvalue weighted by atomic mass is 9.92. The molecule has 4 aliphatic heterocycles. The Balaban J connectivity index is 0.000000177. The molecule has 5 aromatic carbocycles. The Kier molecular flexibility index (Phi) is 10.9. The molecule has 0 spiro atoms. The molecule has 5 aromatic rings. The van der Waals surface area contributed by atoms with Crippen molar-refractivity contribution in [1.82, 2.24) is 0 Å². The number of ether oxygens (including phenoxy) is 10. The monoisotopic (exact) mass is 872 g/mol. The highest BCUT2D eigenvalue weighted by Crippen LogP contribution is 2.57. The number of carboxylic acid groups (broad SMARTS) is 2. The van der Waals surface area contributed by atoms with E-state index < -0.39 is 47.9 Å².